The SMILES string of the molecule is CCCCc1ncc(C=C(Cc2cccs2)C(=O)O)n1Cc1ccc(C(=O)O)s1. The Labute approximate surface area is 176 Å². The summed E-state index contributed by atoms with van der Waals surface area (Å²) in [7, 11) is 0. The van der Waals surface area contributed by atoms with Crippen LogP contribution in [0.3, 0.4) is 0 Å². The lowest BCUT2D eigenvalue weighted by molar-refractivity contribution is -0.132. The molecule has 0 bridgehead atoms. The molecule has 0 fully saturated rings. The Kier molecular flexibility index (Phi) is 7.00. The molecule has 0 spiro atoms. The average Bonchev–Trinajstić information content (AvgIpc) is 3.42. The van der Waals surface area contributed by atoms with E-state index < -0.39 is 11.9 Å². The minimum absolute atomic E-state index is 0.288. The van der Waals surface area contributed by atoms with Gasteiger partial charge in [0.25, 0.3) is 0 Å². The predicted molar refractivity (Wildman–Crippen MR) is 115 cm³/mol. The monoisotopic (exact) mass is 430 g/mol. The molecule has 152 valence electrons. The zero-order chi connectivity index (χ0) is 20.8. The molecule has 3 aromatic rings. The second-order valence-electron chi connectivity index (χ2n) is 6.59. The second kappa shape index (κ2) is 9.67. The molecular formula is C21H22N2O4S2. The average molecular weight is 431 g/mol. The number of aliphatic carboxylic acids is 1. The number of aryl methyl sites for hydroxylation is 1. The first-order valence-electron chi connectivity index (χ1n) is 9.30. The van der Waals surface area contributed by atoms with E-state index in [9.17, 15) is 14.7 Å². The summed E-state index contributed by atoms with van der Waals surface area (Å²) in [6.07, 6.45) is 6.52. The minimum atomic E-state index is -0.953. The number of carboxylic acid groups (broad SMARTS) is 2. The maximum Gasteiger partial charge on any atom is 0.345 e. The highest BCUT2D eigenvalue weighted by Crippen LogP contribution is 2.22. The Morgan fingerprint density at radius 1 is 1.21 bits per heavy atom. The van der Waals surface area contributed by atoms with Gasteiger partial charge >= 0.3 is 11.9 Å². The Balaban J connectivity index is 1.94. The van der Waals surface area contributed by atoms with E-state index in [4.69, 9.17) is 5.11 Å². The van der Waals surface area contributed by atoms with Gasteiger partial charge in [-0.3, -0.25) is 0 Å². The molecule has 0 aromatic carbocycles. The maximum atomic E-state index is 11.8. The number of nitrogens with zero attached hydrogens (tertiary/aromatic N) is 2. The van der Waals surface area contributed by atoms with E-state index in [1.165, 1.54) is 22.7 Å². The van der Waals surface area contributed by atoms with E-state index in [2.05, 4.69) is 11.9 Å². The van der Waals surface area contributed by atoms with Crippen molar-refractivity contribution in [3.63, 3.8) is 0 Å². The van der Waals surface area contributed by atoms with Gasteiger partial charge in [-0.1, -0.05) is 19.4 Å². The number of aromatic nitrogens is 2. The zero-order valence-corrected chi connectivity index (χ0v) is 17.6. The molecule has 0 aliphatic carbocycles. The smallest absolute Gasteiger partial charge is 0.345 e. The summed E-state index contributed by atoms with van der Waals surface area (Å²) >= 11 is 2.75. The number of hydrogen-bond donors (Lipinski definition) is 2. The fourth-order valence-electron chi connectivity index (χ4n) is 2.96. The molecule has 0 unspecified atom stereocenters. The molecule has 0 aliphatic rings. The van der Waals surface area contributed by atoms with Crippen LogP contribution in [-0.2, 0) is 24.2 Å². The molecule has 0 aliphatic heterocycles. The molecule has 0 radical (unpaired) electrons. The third kappa shape index (κ3) is 5.42. The molecule has 6 nitrogen and oxygen atoms in total. The number of thiophene rings is 2. The van der Waals surface area contributed by atoms with E-state index in [-0.39, 0.29) is 4.88 Å². The van der Waals surface area contributed by atoms with Crippen LogP contribution in [0.15, 0.2) is 41.4 Å². The molecule has 0 amide bonds. The highest BCUT2D eigenvalue weighted by molar-refractivity contribution is 7.13. The van der Waals surface area contributed by atoms with Crippen molar-refractivity contribution in [1.29, 1.82) is 0 Å². The van der Waals surface area contributed by atoms with E-state index in [0.717, 1.165) is 40.5 Å². The van der Waals surface area contributed by atoms with Crippen molar-refractivity contribution in [2.24, 2.45) is 0 Å². The van der Waals surface area contributed by atoms with E-state index in [0.29, 0.717) is 18.5 Å². The summed E-state index contributed by atoms with van der Waals surface area (Å²) in [5.41, 5.74) is 1.02. The molecule has 0 saturated heterocycles. The van der Waals surface area contributed by atoms with Crippen molar-refractivity contribution in [1.82, 2.24) is 9.55 Å². The summed E-state index contributed by atoms with van der Waals surface area (Å²) in [5, 5.41) is 20.8. The van der Waals surface area contributed by atoms with Crippen LogP contribution < -0.4 is 0 Å². The lowest BCUT2D eigenvalue weighted by atomic mass is 10.1. The fourth-order valence-corrected chi connectivity index (χ4v) is 4.53. The molecule has 0 atom stereocenters. The zero-order valence-electron chi connectivity index (χ0n) is 16.0. The Bertz CT molecular complexity index is 1020. The number of rotatable bonds is 10. The van der Waals surface area contributed by atoms with Gasteiger partial charge in [0.05, 0.1) is 18.4 Å². The molecule has 0 saturated carbocycles. The van der Waals surface area contributed by atoms with Crippen molar-refractivity contribution >= 4 is 40.7 Å². The largest absolute Gasteiger partial charge is 0.478 e. The molecular weight excluding hydrogens is 408 g/mol. The van der Waals surface area contributed by atoms with Crippen LogP contribution >= 0.6 is 22.7 Å². The van der Waals surface area contributed by atoms with E-state index in [1.807, 2.05) is 22.1 Å². The van der Waals surface area contributed by atoms with Crippen molar-refractivity contribution in [2.75, 3.05) is 0 Å². The number of carboxylic acids is 2. The summed E-state index contributed by atoms with van der Waals surface area (Å²) < 4.78 is 1.99. The van der Waals surface area contributed by atoms with Gasteiger partial charge in [0.1, 0.15) is 10.7 Å². The number of hydrogen-bond acceptors (Lipinski definition) is 5. The first-order valence-corrected chi connectivity index (χ1v) is 11.0. The van der Waals surface area contributed by atoms with Gasteiger partial charge in [0, 0.05) is 28.2 Å². The third-order valence-electron chi connectivity index (χ3n) is 4.45. The molecule has 3 aromatic heterocycles. The van der Waals surface area contributed by atoms with Crippen LogP contribution in [0.4, 0.5) is 0 Å². The summed E-state index contributed by atoms with van der Waals surface area (Å²) in [6, 6.07) is 7.23. The van der Waals surface area contributed by atoms with Gasteiger partial charge in [-0.15, -0.1) is 22.7 Å². The Morgan fingerprint density at radius 3 is 2.66 bits per heavy atom. The highest BCUT2D eigenvalue weighted by atomic mass is 32.1. The van der Waals surface area contributed by atoms with Gasteiger partial charge in [-0.05, 0) is 36.1 Å². The summed E-state index contributed by atoms with van der Waals surface area (Å²) in [5.74, 6) is -1.02. The number of carbonyl (C=O) groups is 2. The normalized spacial score (nSPS) is 11.7. The van der Waals surface area contributed by atoms with E-state index >= 15 is 0 Å². The fraction of sp³-hybridized carbons (Fsp3) is 0.286. The van der Waals surface area contributed by atoms with E-state index in [1.54, 1.807) is 24.4 Å². The maximum absolute atomic E-state index is 11.8. The van der Waals surface area contributed by atoms with Crippen molar-refractivity contribution < 1.29 is 19.8 Å². The van der Waals surface area contributed by atoms with Gasteiger partial charge in [-0.25, -0.2) is 14.6 Å². The summed E-state index contributed by atoms with van der Waals surface area (Å²) in [4.78, 5) is 29.7. The van der Waals surface area contributed by atoms with Crippen LogP contribution in [0.2, 0.25) is 0 Å². The van der Waals surface area contributed by atoms with Gasteiger partial charge in [-0.2, -0.15) is 0 Å². The van der Waals surface area contributed by atoms with Crippen LogP contribution in [-0.4, -0.2) is 31.7 Å². The third-order valence-corrected chi connectivity index (χ3v) is 6.39. The van der Waals surface area contributed by atoms with Crippen LogP contribution in [0.5, 0.6) is 0 Å². The lowest BCUT2D eigenvalue weighted by Gasteiger charge is -2.10. The first kappa shape index (κ1) is 21.0. The van der Waals surface area contributed by atoms with Crippen molar-refractivity contribution in [3.05, 3.63) is 67.6 Å². The molecule has 3 heterocycles. The Hall–Kier alpha value is -2.71. The predicted octanol–water partition coefficient (Wildman–Crippen LogP) is 4.81. The molecule has 8 heteroatoms. The van der Waals surface area contributed by atoms with Crippen molar-refractivity contribution in [3.8, 4) is 0 Å². The van der Waals surface area contributed by atoms with Crippen LogP contribution in [0, 0.1) is 0 Å². The highest BCUT2D eigenvalue weighted by Gasteiger charge is 2.15. The van der Waals surface area contributed by atoms with Crippen molar-refractivity contribution in [2.45, 2.75) is 39.2 Å². The summed E-state index contributed by atoms with van der Waals surface area (Å²) in [6.45, 7) is 2.57. The van der Waals surface area contributed by atoms with Gasteiger partial charge in [0.2, 0.25) is 0 Å². The Morgan fingerprint density at radius 2 is 2.03 bits per heavy atom. The number of imidazole rings is 1. The van der Waals surface area contributed by atoms with Gasteiger partial charge < -0.3 is 14.8 Å². The van der Waals surface area contributed by atoms with Gasteiger partial charge in [0.15, 0.2) is 0 Å². The topological polar surface area (TPSA) is 92.4 Å². The second-order valence-corrected chi connectivity index (χ2v) is 8.79. The molecule has 29 heavy (non-hydrogen) atoms. The number of unbranched alkanes of at least 4 members (excludes halogenated alkanes) is 1. The number of aromatic carboxylic acids is 1. The minimum Gasteiger partial charge on any atom is -0.478 e. The first-order chi connectivity index (χ1) is 14.0. The van der Waals surface area contributed by atoms with Crippen LogP contribution in [0.1, 0.15) is 50.7 Å². The lowest BCUT2D eigenvalue weighted by Crippen LogP contribution is -2.08. The quantitative estimate of drug-likeness (QED) is 0.451. The standard InChI is InChI=1S/C21H22N2O4S2/c1-2-3-6-19-22-12-15(10-14(20(24)25)11-16-5-4-9-28-16)23(19)13-17-7-8-18(29-17)21(26)27/h4-5,7-10,12H,2-3,6,11,13H2,1H3,(H,24,25)(H,26,27). The van der Waals surface area contributed by atoms with Crippen LogP contribution in [0.25, 0.3) is 6.08 Å². The molecule has 3 rings (SSSR count). The molecule has 2 N–H and O–H groups in total.